The van der Waals surface area contributed by atoms with E-state index in [-0.39, 0.29) is 6.04 Å². The van der Waals surface area contributed by atoms with Gasteiger partial charge in [-0.05, 0) is 17.7 Å². The molecule has 0 saturated heterocycles. The van der Waals surface area contributed by atoms with Gasteiger partial charge in [-0.3, -0.25) is 0 Å². The van der Waals surface area contributed by atoms with Crippen LogP contribution < -0.4 is 5.32 Å². The Morgan fingerprint density at radius 1 is 1.19 bits per heavy atom. The first-order valence-corrected chi connectivity index (χ1v) is 5.33. The summed E-state index contributed by atoms with van der Waals surface area (Å²) in [6.45, 7) is 4.61. The molecule has 1 aromatic carbocycles. The Morgan fingerprint density at radius 3 is 2.62 bits per heavy atom. The molecule has 82 valence electrons. The van der Waals surface area contributed by atoms with Crippen molar-refractivity contribution in [1.82, 2.24) is 5.32 Å². The molecule has 0 aliphatic heterocycles. The zero-order valence-electron chi connectivity index (χ0n) is 9.10. The van der Waals surface area contributed by atoms with Crippen LogP contribution in [0.5, 0.6) is 0 Å². The molecule has 2 nitrogen and oxygen atoms in total. The lowest BCUT2D eigenvalue weighted by molar-refractivity contribution is 0.453. The molecule has 1 heterocycles. The van der Waals surface area contributed by atoms with Crippen LogP contribution in [-0.2, 0) is 6.54 Å². The van der Waals surface area contributed by atoms with E-state index in [4.69, 9.17) is 4.42 Å². The molecule has 2 rings (SSSR count). The van der Waals surface area contributed by atoms with Gasteiger partial charge in [0.15, 0.2) is 0 Å². The molecule has 0 saturated carbocycles. The summed E-state index contributed by atoms with van der Waals surface area (Å²) in [4.78, 5) is 0. The highest BCUT2D eigenvalue weighted by atomic mass is 16.3. The molecule has 2 aromatic rings. The van der Waals surface area contributed by atoms with E-state index in [9.17, 15) is 0 Å². The van der Waals surface area contributed by atoms with Crippen molar-refractivity contribution in [3.63, 3.8) is 0 Å². The Balaban J connectivity index is 1.96. The van der Waals surface area contributed by atoms with E-state index in [0.717, 1.165) is 12.3 Å². The molecule has 0 radical (unpaired) electrons. The first-order chi connectivity index (χ1) is 7.90. The van der Waals surface area contributed by atoms with Gasteiger partial charge in [0.05, 0.1) is 12.3 Å². The molecular formula is C14H15NO. The average Bonchev–Trinajstić information content (AvgIpc) is 2.85. The Hall–Kier alpha value is -1.80. The van der Waals surface area contributed by atoms with E-state index in [2.05, 4.69) is 24.0 Å². The van der Waals surface area contributed by atoms with E-state index < -0.39 is 0 Å². The van der Waals surface area contributed by atoms with Crippen LogP contribution in [0, 0.1) is 0 Å². The monoisotopic (exact) mass is 213 g/mol. The van der Waals surface area contributed by atoms with Crippen LogP contribution in [0.2, 0.25) is 0 Å². The topological polar surface area (TPSA) is 25.2 Å². The molecule has 0 aliphatic carbocycles. The summed E-state index contributed by atoms with van der Waals surface area (Å²) in [5.74, 6) is 0.894. The van der Waals surface area contributed by atoms with Gasteiger partial charge in [-0.25, -0.2) is 0 Å². The highest BCUT2D eigenvalue weighted by Gasteiger charge is 2.08. The van der Waals surface area contributed by atoms with Crippen LogP contribution in [0.15, 0.2) is 65.8 Å². The molecule has 0 amide bonds. The molecule has 0 bridgehead atoms. The van der Waals surface area contributed by atoms with Crippen molar-refractivity contribution >= 4 is 0 Å². The second kappa shape index (κ2) is 5.33. The lowest BCUT2D eigenvalue weighted by Crippen LogP contribution is -2.18. The minimum Gasteiger partial charge on any atom is -0.467 e. The maximum Gasteiger partial charge on any atom is 0.124 e. The molecule has 0 fully saturated rings. The van der Waals surface area contributed by atoms with Crippen molar-refractivity contribution in [2.24, 2.45) is 0 Å². The predicted octanol–water partition coefficient (Wildman–Crippen LogP) is 3.30. The fourth-order valence-corrected chi connectivity index (χ4v) is 1.59. The summed E-state index contributed by atoms with van der Waals surface area (Å²) >= 11 is 0. The number of rotatable bonds is 5. The van der Waals surface area contributed by atoms with Crippen LogP contribution in [-0.4, -0.2) is 0 Å². The third-order valence-corrected chi connectivity index (χ3v) is 2.45. The van der Waals surface area contributed by atoms with Gasteiger partial charge in [-0.2, -0.15) is 0 Å². The van der Waals surface area contributed by atoms with Gasteiger partial charge in [-0.15, -0.1) is 6.58 Å². The summed E-state index contributed by atoms with van der Waals surface area (Å²) < 4.78 is 5.34. The number of benzene rings is 1. The van der Waals surface area contributed by atoms with Crippen LogP contribution in [0.1, 0.15) is 17.4 Å². The van der Waals surface area contributed by atoms with Gasteiger partial charge in [0.25, 0.3) is 0 Å². The van der Waals surface area contributed by atoms with E-state index in [1.165, 1.54) is 5.56 Å². The minimum absolute atomic E-state index is 0.0650. The van der Waals surface area contributed by atoms with Gasteiger partial charge in [0, 0.05) is 6.54 Å². The van der Waals surface area contributed by atoms with Crippen molar-refractivity contribution < 1.29 is 4.42 Å². The molecule has 1 aromatic heterocycles. The minimum atomic E-state index is 0.0650. The normalized spacial score (nSPS) is 12.2. The standard InChI is InChI=1S/C14H15NO/c1-2-13(14-9-6-10-16-14)15-11-12-7-4-3-5-8-12/h2-10,13,15H,1,11H2/t13-/m0/s1. The van der Waals surface area contributed by atoms with Crippen LogP contribution in [0.4, 0.5) is 0 Å². The maximum atomic E-state index is 5.34. The number of nitrogens with one attached hydrogen (secondary N) is 1. The maximum absolute atomic E-state index is 5.34. The van der Waals surface area contributed by atoms with Gasteiger partial charge < -0.3 is 9.73 Å². The second-order valence-electron chi connectivity index (χ2n) is 3.60. The van der Waals surface area contributed by atoms with E-state index in [0.29, 0.717) is 0 Å². The summed E-state index contributed by atoms with van der Waals surface area (Å²) in [5, 5.41) is 3.38. The van der Waals surface area contributed by atoms with E-state index in [1.807, 2.05) is 36.4 Å². The summed E-state index contributed by atoms with van der Waals surface area (Å²) in [6, 6.07) is 14.2. The van der Waals surface area contributed by atoms with Crippen LogP contribution >= 0.6 is 0 Å². The highest BCUT2D eigenvalue weighted by molar-refractivity contribution is 5.16. The molecule has 1 N–H and O–H groups in total. The lowest BCUT2D eigenvalue weighted by Gasteiger charge is -2.12. The molecule has 0 aliphatic rings. The Labute approximate surface area is 95.6 Å². The number of hydrogen-bond acceptors (Lipinski definition) is 2. The van der Waals surface area contributed by atoms with Gasteiger partial charge in [0.1, 0.15) is 5.76 Å². The third kappa shape index (κ3) is 2.61. The fourth-order valence-electron chi connectivity index (χ4n) is 1.59. The van der Waals surface area contributed by atoms with Crippen LogP contribution in [0.25, 0.3) is 0 Å². The van der Waals surface area contributed by atoms with Crippen LogP contribution in [0.3, 0.4) is 0 Å². The number of hydrogen-bond donors (Lipinski definition) is 1. The lowest BCUT2D eigenvalue weighted by atomic mass is 10.2. The average molecular weight is 213 g/mol. The van der Waals surface area contributed by atoms with Gasteiger partial charge >= 0.3 is 0 Å². The Bertz CT molecular complexity index is 419. The van der Waals surface area contributed by atoms with Crippen molar-refractivity contribution in [3.05, 3.63) is 72.7 Å². The number of furan rings is 1. The molecule has 0 unspecified atom stereocenters. The van der Waals surface area contributed by atoms with E-state index >= 15 is 0 Å². The summed E-state index contributed by atoms with van der Waals surface area (Å²) in [7, 11) is 0. The molecule has 0 spiro atoms. The van der Waals surface area contributed by atoms with Crippen molar-refractivity contribution in [2.75, 3.05) is 0 Å². The zero-order chi connectivity index (χ0) is 11.2. The first kappa shape index (κ1) is 10.7. The van der Waals surface area contributed by atoms with Gasteiger partial charge in [-0.1, -0.05) is 36.4 Å². The van der Waals surface area contributed by atoms with E-state index in [1.54, 1.807) is 6.26 Å². The van der Waals surface area contributed by atoms with Crippen molar-refractivity contribution in [3.8, 4) is 0 Å². The first-order valence-electron chi connectivity index (χ1n) is 5.33. The molecule has 1 atom stereocenters. The summed E-state index contributed by atoms with van der Waals surface area (Å²) in [5.41, 5.74) is 1.25. The quantitative estimate of drug-likeness (QED) is 0.771. The third-order valence-electron chi connectivity index (χ3n) is 2.45. The fraction of sp³-hybridized carbons (Fsp3) is 0.143. The zero-order valence-corrected chi connectivity index (χ0v) is 9.10. The molecule has 2 heteroatoms. The Morgan fingerprint density at radius 2 is 2.00 bits per heavy atom. The smallest absolute Gasteiger partial charge is 0.124 e. The largest absolute Gasteiger partial charge is 0.467 e. The molecular weight excluding hydrogens is 198 g/mol. The predicted molar refractivity (Wildman–Crippen MR) is 64.9 cm³/mol. The van der Waals surface area contributed by atoms with Crippen molar-refractivity contribution in [1.29, 1.82) is 0 Å². The highest BCUT2D eigenvalue weighted by Crippen LogP contribution is 2.14. The van der Waals surface area contributed by atoms with Gasteiger partial charge in [0.2, 0.25) is 0 Å². The SMILES string of the molecule is C=C[C@H](NCc1ccccc1)c1ccco1. The molecule has 16 heavy (non-hydrogen) atoms. The van der Waals surface area contributed by atoms with Crippen molar-refractivity contribution in [2.45, 2.75) is 12.6 Å². The summed E-state index contributed by atoms with van der Waals surface area (Å²) in [6.07, 6.45) is 3.53. The Kier molecular flexibility index (Phi) is 3.57. The second-order valence-corrected chi connectivity index (χ2v) is 3.60.